The fourth-order valence-electron chi connectivity index (χ4n) is 4.29. The predicted octanol–water partition coefficient (Wildman–Crippen LogP) is 7.37. The van der Waals surface area contributed by atoms with Crippen LogP contribution in [0.15, 0.2) is 48.5 Å². The lowest BCUT2D eigenvalue weighted by Gasteiger charge is -2.33. The maximum atomic E-state index is 13.4. The van der Waals surface area contributed by atoms with Gasteiger partial charge in [0.15, 0.2) is 0 Å². The Labute approximate surface area is 204 Å². The quantitative estimate of drug-likeness (QED) is 0.409. The summed E-state index contributed by atoms with van der Waals surface area (Å²) >= 11 is 7.63. The van der Waals surface area contributed by atoms with Crippen molar-refractivity contribution in [1.82, 2.24) is 0 Å². The van der Waals surface area contributed by atoms with Gasteiger partial charge in [0.1, 0.15) is 5.00 Å². The van der Waals surface area contributed by atoms with Crippen LogP contribution in [0.4, 0.5) is 10.7 Å². The summed E-state index contributed by atoms with van der Waals surface area (Å²) in [4.78, 5) is 27.6. The maximum Gasteiger partial charge on any atom is 0.258 e. The van der Waals surface area contributed by atoms with Crippen molar-refractivity contribution in [3.63, 3.8) is 0 Å². The number of nitrogens with one attached hydrogen (secondary N) is 2. The number of thiophene rings is 1. The molecule has 2 N–H and O–H groups in total. The molecule has 1 atom stereocenters. The van der Waals surface area contributed by atoms with Gasteiger partial charge in [-0.15, -0.1) is 11.3 Å². The van der Waals surface area contributed by atoms with Crippen LogP contribution in [-0.2, 0) is 12.8 Å². The molecule has 2 aromatic carbocycles. The van der Waals surface area contributed by atoms with E-state index in [4.69, 9.17) is 11.6 Å². The zero-order valence-corrected chi connectivity index (χ0v) is 21.0. The summed E-state index contributed by atoms with van der Waals surface area (Å²) < 4.78 is 0. The number of hydrogen-bond acceptors (Lipinski definition) is 3. The molecule has 1 unspecified atom stereocenters. The molecular formula is C27H29ClN2O2S. The average Bonchev–Trinajstić information content (AvgIpc) is 3.10. The minimum Gasteiger partial charge on any atom is -0.322 e. The molecule has 1 heterocycles. The van der Waals surface area contributed by atoms with Crippen LogP contribution in [-0.4, -0.2) is 11.8 Å². The van der Waals surface area contributed by atoms with E-state index in [1.807, 2.05) is 25.1 Å². The number of halogens is 1. The number of carbonyl (C=O) groups excluding carboxylic acids is 2. The van der Waals surface area contributed by atoms with E-state index >= 15 is 0 Å². The highest BCUT2D eigenvalue weighted by atomic mass is 35.5. The van der Waals surface area contributed by atoms with Gasteiger partial charge < -0.3 is 10.6 Å². The monoisotopic (exact) mass is 480 g/mol. The fraction of sp³-hybridized carbons (Fsp3) is 0.333. The van der Waals surface area contributed by atoms with Gasteiger partial charge in [-0.05, 0) is 73.4 Å². The molecule has 0 bridgehead atoms. The Bertz CT molecular complexity index is 1190. The predicted molar refractivity (Wildman–Crippen MR) is 138 cm³/mol. The number of carbonyl (C=O) groups is 2. The molecule has 0 saturated heterocycles. The number of anilines is 2. The normalized spacial score (nSPS) is 15.6. The SMILES string of the molecule is Cc1ccc(C(=O)Nc2sc3c(c2C(=O)Nc2cccc(Cl)c2)CCC(C(C)(C)C)C3)cc1. The Kier molecular flexibility index (Phi) is 6.64. The van der Waals surface area contributed by atoms with Crippen LogP contribution < -0.4 is 10.6 Å². The van der Waals surface area contributed by atoms with E-state index in [2.05, 4.69) is 31.4 Å². The van der Waals surface area contributed by atoms with Gasteiger partial charge in [0.2, 0.25) is 0 Å². The highest BCUT2D eigenvalue weighted by molar-refractivity contribution is 7.17. The first kappa shape index (κ1) is 23.5. The van der Waals surface area contributed by atoms with Crippen LogP contribution in [0, 0.1) is 18.3 Å². The second-order valence-electron chi connectivity index (χ2n) is 9.80. The summed E-state index contributed by atoms with van der Waals surface area (Å²) in [5, 5.41) is 7.16. The maximum absolute atomic E-state index is 13.4. The highest BCUT2D eigenvalue weighted by Gasteiger charge is 2.34. The summed E-state index contributed by atoms with van der Waals surface area (Å²) in [6, 6.07) is 14.5. The summed E-state index contributed by atoms with van der Waals surface area (Å²) in [6.07, 6.45) is 2.77. The summed E-state index contributed by atoms with van der Waals surface area (Å²) in [7, 11) is 0. The smallest absolute Gasteiger partial charge is 0.258 e. The van der Waals surface area contributed by atoms with E-state index in [0.717, 1.165) is 30.4 Å². The first-order valence-electron chi connectivity index (χ1n) is 11.2. The van der Waals surface area contributed by atoms with Gasteiger partial charge in [0, 0.05) is 21.2 Å². The number of fused-ring (bicyclic) bond motifs is 1. The van der Waals surface area contributed by atoms with E-state index in [-0.39, 0.29) is 17.2 Å². The molecule has 6 heteroatoms. The zero-order chi connectivity index (χ0) is 23.8. The van der Waals surface area contributed by atoms with Crippen molar-refractivity contribution in [2.45, 2.75) is 47.0 Å². The summed E-state index contributed by atoms with van der Waals surface area (Å²) in [6.45, 7) is 8.79. The van der Waals surface area contributed by atoms with Crippen LogP contribution in [0.25, 0.3) is 0 Å². The van der Waals surface area contributed by atoms with Crippen LogP contribution in [0.1, 0.15) is 63.9 Å². The molecule has 2 amide bonds. The molecule has 4 nitrogen and oxygen atoms in total. The molecule has 0 spiro atoms. The van der Waals surface area contributed by atoms with E-state index < -0.39 is 0 Å². The topological polar surface area (TPSA) is 58.2 Å². The van der Waals surface area contributed by atoms with Crippen molar-refractivity contribution in [2.75, 3.05) is 10.6 Å². The first-order chi connectivity index (χ1) is 15.6. The van der Waals surface area contributed by atoms with Crippen molar-refractivity contribution in [1.29, 1.82) is 0 Å². The molecule has 0 saturated carbocycles. The van der Waals surface area contributed by atoms with Crippen LogP contribution in [0.5, 0.6) is 0 Å². The van der Waals surface area contributed by atoms with Gasteiger partial charge in [-0.25, -0.2) is 0 Å². The molecule has 0 aliphatic heterocycles. The van der Waals surface area contributed by atoms with Crippen molar-refractivity contribution in [3.8, 4) is 0 Å². The minimum atomic E-state index is -0.219. The standard InChI is InChI=1S/C27H29ClN2O2S/c1-16-8-10-17(11-9-16)24(31)30-26-23(25(32)29-20-7-5-6-19(28)15-20)21-13-12-18(27(2,3)4)14-22(21)33-26/h5-11,15,18H,12-14H2,1-4H3,(H,29,32)(H,30,31). The van der Waals surface area contributed by atoms with Crippen LogP contribution >= 0.6 is 22.9 Å². The third-order valence-electron chi connectivity index (χ3n) is 6.34. The lowest BCUT2D eigenvalue weighted by atomic mass is 9.72. The molecule has 0 radical (unpaired) electrons. The minimum absolute atomic E-state index is 0.191. The third kappa shape index (κ3) is 5.31. The van der Waals surface area contributed by atoms with Crippen molar-refractivity contribution in [3.05, 3.63) is 80.7 Å². The number of benzene rings is 2. The number of rotatable bonds is 4. The number of hydrogen-bond donors (Lipinski definition) is 2. The fourth-order valence-corrected chi connectivity index (χ4v) is 5.80. The van der Waals surface area contributed by atoms with E-state index in [9.17, 15) is 9.59 Å². The van der Waals surface area contributed by atoms with E-state index in [1.165, 1.54) is 16.2 Å². The van der Waals surface area contributed by atoms with Crippen LogP contribution in [0.2, 0.25) is 5.02 Å². The van der Waals surface area contributed by atoms with Gasteiger partial charge in [-0.1, -0.05) is 56.1 Å². The average molecular weight is 481 g/mol. The molecule has 0 fully saturated rings. The molecule has 33 heavy (non-hydrogen) atoms. The third-order valence-corrected chi connectivity index (χ3v) is 7.75. The van der Waals surface area contributed by atoms with E-state index in [0.29, 0.717) is 32.8 Å². The Balaban J connectivity index is 1.68. The van der Waals surface area contributed by atoms with Gasteiger partial charge in [-0.2, -0.15) is 0 Å². The van der Waals surface area contributed by atoms with E-state index in [1.54, 1.807) is 30.3 Å². The second-order valence-corrected chi connectivity index (χ2v) is 11.3. The summed E-state index contributed by atoms with van der Waals surface area (Å²) in [5.74, 6) is 0.106. The van der Waals surface area contributed by atoms with Gasteiger partial charge in [-0.3, -0.25) is 9.59 Å². The Morgan fingerprint density at radius 3 is 2.42 bits per heavy atom. The Morgan fingerprint density at radius 2 is 1.76 bits per heavy atom. The van der Waals surface area contributed by atoms with Crippen molar-refractivity contribution in [2.24, 2.45) is 11.3 Å². The highest BCUT2D eigenvalue weighted by Crippen LogP contribution is 2.44. The number of amides is 2. The van der Waals surface area contributed by atoms with Gasteiger partial charge in [0.25, 0.3) is 11.8 Å². The van der Waals surface area contributed by atoms with Crippen LogP contribution in [0.3, 0.4) is 0 Å². The Morgan fingerprint density at radius 1 is 1.03 bits per heavy atom. The molecule has 3 aromatic rings. The number of aryl methyl sites for hydroxylation is 1. The zero-order valence-electron chi connectivity index (χ0n) is 19.4. The molecule has 1 aromatic heterocycles. The molecular weight excluding hydrogens is 452 g/mol. The largest absolute Gasteiger partial charge is 0.322 e. The van der Waals surface area contributed by atoms with Crippen molar-refractivity contribution < 1.29 is 9.59 Å². The van der Waals surface area contributed by atoms with Gasteiger partial charge >= 0.3 is 0 Å². The molecule has 1 aliphatic carbocycles. The van der Waals surface area contributed by atoms with Crippen molar-refractivity contribution >= 4 is 45.4 Å². The lowest BCUT2D eigenvalue weighted by Crippen LogP contribution is -2.27. The Hall–Kier alpha value is -2.63. The summed E-state index contributed by atoms with van der Waals surface area (Å²) in [5.41, 5.74) is 4.11. The molecule has 172 valence electrons. The second kappa shape index (κ2) is 9.32. The first-order valence-corrected chi connectivity index (χ1v) is 12.4. The van der Waals surface area contributed by atoms with Gasteiger partial charge in [0.05, 0.1) is 5.56 Å². The molecule has 4 rings (SSSR count). The lowest BCUT2D eigenvalue weighted by molar-refractivity contribution is 0.102. The molecule has 1 aliphatic rings.